The van der Waals surface area contributed by atoms with Gasteiger partial charge in [-0.1, -0.05) is 42.5 Å². The summed E-state index contributed by atoms with van der Waals surface area (Å²) in [7, 11) is 4.06. The van der Waals surface area contributed by atoms with Crippen LogP contribution >= 0.6 is 0 Å². The maximum Gasteiger partial charge on any atom is 0.271 e. The summed E-state index contributed by atoms with van der Waals surface area (Å²) in [6.07, 6.45) is 0. The Balaban J connectivity index is 1.91. The summed E-state index contributed by atoms with van der Waals surface area (Å²) in [5.41, 5.74) is 5.12. The number of carbonyl (C=O) groups excluding carboxylic acids is 1. The molecule has 1 aromatic heterocycles. The number of aromatic nitrogens is 1. The van der Waals surface area contributed by atoms with Gasteiger partial charge in [0.25, 0.3) is 5.91 Å². The molecule has 1 aliphatic rings. The molecule has 1 aliphatic heterocycles. The fourth-order valence-electron chi connectivity index (χ4n) is 3.42. The fraction of sp³-hybridized carbons (Fsp3) is 0.250. The first-order valence-electron chi connectivity index (χ1n) is 8.28. The molecule has 122 valence electrons. The summed E-state index contributed by atoms with van der Waals surface area (Å²) >= 11 is 0. The van der Waals surface area contributed by atoms with Gasteiger partial charge in [-0.3, -0.25) is 4.79 Å². The number of nitrogens with zero attached hydrogens (tertiary/aromatic N) is 2. The second-order valence-electron chi connectivity index (χ2n) is 6.61. The van der Waals surface area contributed by atoms with Crippen molar-refractivity contribution in [2.75, 3.05) is 27.2 Å². The summed E-state index contributed by atoms with van der Waals surface area (Å²) in [4.78, 5) is 20.6. The molecule has 0 saturated carbocycles. The zero-order valence-electron chi connectivity index (χ0n) is 14.0. The standard InChI is InChI=1S/C20H21N3O/c1-22(2)11-12-23-13-14-7-3-4-8-15(14)18-16-9-5-6-10-17(16)21-19(18)20(23)24/h3-10,21H,11-13H2,1-2H3. The first-order valence-corrected chi connectivity index (χ1v) is 8.28. The Labute approximate surface area is 141 Å². The lowest BCUT2D eigenvalue weighted by Gasteiger charge is -2.23. The smallest absolute Gasteiger partial charge is 0.271 e. The third kappa shape index (κ3) is 2.39. The quantitative estimate of drug-likeness (QED) is 0.804. The molecule has 0 radical (unpaired) electrons. The minimum Gasteiger partial charge on any atom is -0.350 e. The predicted molar refractivity (Wildman–Crippen MR) is 97.0 cm³/mol. The molecule has 4 nitrogen and oxygen atoms in total. The SMILES string of the molecule is CN(C)CCN1Cc2ccccc2-c2c([nH]c3ccccc23)C1=O. The summed E-state index contributed by atoms with van der Waals surface area (Å²) < 4.78 is 0. The van der Waals surface area contributed by atoms with Crippen molar-refractivity contribution in [1.29, 1.82) is 0 Å². The van der Waals surface area contributed by atoms with Gasteiger partial charge in [0, 0.05) is 36.1 Å². The summed E-state index contributed by atoms with van der Waals surface area (Å²) in [6, 6.07) is 16.5. The van der Waals surface area contributed by atoms with Gasteiger partial charge in [0.2, 0.25) is 0 Å². The number of amides is 1. The van der Waals surface area contributed by atoms with E-state index in [9.17, 15) is 4.79 Å². The van der Waals surface area contributed by atoms with E-state index in [4.69, 9.17) is 0 Å². The molecule has 4 rings (SSSR count). The van der Waals surface area contributed by atoms with E-state index in [1.807, 2.05) is 49.3 Å². The van der Waals surface area contributed by atoms with Crippen LogP contribution in [-0.4, -0.2) is 47.9 Å². The van der Waals surface area contributed by atoms with Crippen molar-refractivity contribution in [3.05, 3.63) is 59.8 Å². The van der Waals surface area contributed by atoms with E-state index in [2.05, 4.69) is 28.1 Å². The van der Waals surface area contributed by atoms with E-state index in [0.717, 1.165) is 35.1 Å². The van der Waals surface area contributed by atoms with E-state index in [1.54, 1.807) is 0 Å². The van der Waals surface area contributed by atoms with Crippen LogP contribution in [0.4, 0.5) is 0 Å². The van der Waals surface area contributed by atoms with Crippen molar-refractivity contribution >= 4 is 16.8 Å². The number of para-hydroxylation sites is 1. The van der Waals surface area contributed by atoms with Gasteiger partial charge in [-0.15, -0.1) is 0 Å². The molecule has 1 N–H and O–H groups in total. The van der Waals surface area contributed by atoms with E-state index in [0.29, 0.717) is 12.2 Å². The predicted octanol–water partition coefficient (Wildman–Crippen LogP) is 3.35. The fourth-order valence-corrected chi connectivity index (χ4v) is 3.42. The van der Waals surface area contributed by atoms with Gasteiger partial charge in [0.05, 0.1) is 0 Å². The van der Waals surface area contributed by atoms with E-state index in [-0.39, 0.29) is 5.91 Å². The van der Waals surface area contributed by atoms with Gasteiger partial charge in [-0.2, -0.15) is 0 Å². The van der Waals surface area contributed by atoms with Gasteiger partial charge in [0.1, 0.15) is 5.69 Å². The molecule has 2 aromatic carbocycles. The Morgan fingerprint density at radius 2 is 1.83 bits per heavy atom. The molecule has 0 spiro atoms. The van der Waals surface area contributed by atoms with Gasteiger partial charge in [-0.05, 0) is 31.3 Å². The van der Waals surface area contributed by atoms with Crippen molar-refractivity contribution in [2.24, 2.45) is 0 Å². The average Bonchev–Trinajstić information content (AvgIpc) is 2.92. The maximum absolute atomic E-state index is 13.2. The lowest BCUT2D eigenvalue weighted by atomic mass is 9.98. The van der Waals surface area contributed by atoms with Crippen molar-refractivity contribution in [1.82, 2.24) is 14.8 Å². The Bertz CT molecular complexity index is 910. The highest BCUT2D eigenvalue weighted by atomic mass is 16.2. The maximum atomic E-state index is 13.2. The van der Waals surface area contributed by atoms with Gasteiger partial charge >= 0.3 is 0 Å². The minimum atomic E-state index is 0.0826. The summed E-state index contributed by atoms with van der Waals surface area (Å²) in [5.74, 6) is 0.0826. The van der Waals surface area contributed by atoms with Crippen molar-refractivity contribution in [3.63, 3.8) is 0 Å². The van der Waals surface area contributed by atoms with Crippen LogP contribution in [0, 0.1) is 0 Å². The molecular weight excluding hydrogens is 298 g/mol. The zero-order chi connectivity index (χ0) is 16.7. The van der Waals surface area contributed by atoms with Gasteiger partial charge in [0.15, 0.2) is 0 Å². The molecule has 0 aliphatic carbocycles. The molecule has 2 heterocycles. The van der Waals surface area contributed by atoms with Crippen LogP contribution in [0.3, 0.4) is 0 Å². The molecule has 0 bridgehead atoms. The number of hydrogen-bond donors (Lipinski definition) is 1. The highest BCUT2D eigenvalue weighted by Gasteiger charge is 2.28. The molecule has 3 aromatic rings. The number of benzene rings is 2. The number of carbonyl (C=O) groups is 1. The molecule has 0 unspecified atom stereocenters. The van der Waals surface area contributed by atoms with Crippen LogP contribution in [0.25, 0.3) is 22.0 Å². The largest absolute Gasteiger partial charge is 0.350 e. The molecule has 1 amide bonds. The number of aromatic amines is 1. The van der Waals surface area contributed by atoms with E-state index < -0.39 is 0 Å². The van der Waals surface area contributed by atoms with Crippen molar-refractivity contribution < 1.29 is 4.79 Å². The number of nitrogens with one attached hydrogen (secondary N) is 1. The number of hydrogen-bond acceptors (Lipinski definition) is 2. The molecule has 4 heteroatoms. The van der Waals surface area contributed by atoms with Crippen molar-refractivity contribution in [2.45, 2.75) is 6.54 Å². The Morgan fingerprint density at radius 1 is 1.08 bits per heavy atom. The van der Waals surface area contributed by atoms with Crippen LogP contribution in [0.2, 0.25) is 0 Å². The normalized spacial score (nSPS) is 14.0. The number of rotatable bonds is 3. The summed E-state index contributed by atoms with van der Waals surface area (Å²) in [5, 5.41) is 1.11. The van der Waals surface area contributed by atoms with Crippen LogP contribution < -0.4 is 0 Å². The lowest BCUT2D eigenvalue weighted by molar-refractivity contribution is 0.0731. The molecule has 0 atom stereocenters. The minimum absolute atomic E-state index is 0.0826. The van der Waals surface area contributed by atoms with E-state index >= 15 is 0 Å². The summed E-state index contributed by atoms with van der Waals surface area (Å²) in [6.45, 7) is 2.22. The van der Waals surface area contributed by atoms with Crippen LogP contribution in [0.1, 0.15) is 16.1 Å². The lowest BCUT2D eigenvalue weighted by Crippen LogP contribution is -2.35. The highest BCUT2D eigenvalue weighted by Crippen LogP contribution is 2.37. The molecular formula is C20H21N3O. The second kappa shape index (κ2) is 5.80. The topological polar surface area (TPSA) is 39.3 Å². The van der Waals surface area contributed by atoms with E-state index in [1.165, 1.54) is 5.56 Å². The van der Waals surface area contributed by atoms with Crippen LogP contribution in [-0.2, 0) is 6.54 Å². The molecule has 0 saturated heterocycles. The number of likely N-dealkylation sites (N-methyl/N-ethyl adjacent to an activating group) is 1. The van der Waals surface area contributed by atoms with Crippen LogP contribution in [0.5, 0.6) is 0 Å². The number of H-pyrrole nitrogens is 1. The molecule has 24 heavy (non-hydrogen) atoms. The Morgan fingerprint density at radius 3 is 2.67 bits per heavy atom. The zero-order valence-corrected chi connectivity index (χ0v) is 14.0. The van der Waals surface area contributed by atoms with Crippen LogP contribution in [0.15, 0.2) is 48.5 Å². The monoisotopic (exact) mass is 319 g/mol. The average molecular weight is 319 g/mol. The highest BCUT2D eigenvalue weighted by molar-refractivity contribution is 6.10. The second-order valence-corrected chi connectivity index (χ2v) is 6.61. The number of fused-ring (bicyclic) bond motifs is 5. The molecule has 0 fully saturated rings. The first kappa shape index (κ1) is 15.0. The third-order valence-electron chi connectivity index (χ3n) is 4.67. The Hall–Kier alpha value is -2.59. The van der Waals surface area contributed by atoms with Gasteiger partial charge in [-0.25, -0.2) is 0 Å². The van der Waals surface area contributed by atoms with Gasteiger partial charge < -0.3 is 14.8 Å². The third-order valence-corrected chi connectivity index (χ3v) is 4.67. The first-order chi connectivity index (χ1) is 11.6. The Kier molecular flexibility index (Phi) is 3.62. The van der Waals surface area contributed by atoms with Crippen molar-refractivity contribution in [3.8, 4) is 11.1 Å².